The zero-order valence-electron chi connectivity index (χ0n) is 15.1. The summed E-state index contributed by atoms with van der Waals surface area (Å²) in [6, 6.07) is 6.22. The highest BCUT2D eigenvalue weighted by Crippen LogP contribution is 2.31. The molecule has 1 aliphatic heterocycles. The molecule has 0 aliphatic carbocycles. The molecule has 1 amide bonds. The number of amides is 1. The molecule has 1 aliphatic rings. The number of thiophene rings is 1. The van der Waals surface area contributed by atoms with Crippen LogP contribution in [0.2, 0.25) is 5.02 Å². The molecule has 0 bridgehead atoms. The molecular formula is C18H21ClN2O4S2. The van der Waals surface area contributed by atoms with Crippen LogP contribution in [-0.2, 0) is 14.8 Å². The van der Waals surface area contributed by atoms with Crippen LogP contribution >= 0.6 is 22.9 Å². The Kier molecular flexibility index (Phi) is 6.10. The van der Waals surface area contributed by atoms with E-state index in [4.69, 9.17) is 16.3 Å². The lowest BCUT2D eigenvalue weighted by Crippen LogP contribution is -2.33. The highest BCUT2D eigenvalue weighted by molar-refractivity contribution is 7.92. The molecule has 9 heteroatoms. The SMILES string of the molecule is Cc1ccc(S(=O)(=O)N(C)c2ccsc2C(=O)NC[C@@H]2CCCO2)cc1Cl. The molecule has 1 atom stereocenters. The average Bonchev–Trinajstić information content (AvgIpc) is 3.32. The van der Waals surface area contributed by atoms with Crippen molar-refractivity contribution in [1.82, 2.24) is 5.32 Å². The van der Waals surface area contributed by atoms with E-state index in [-0.39, 0.29) is 16.9 Å². The third kappa shape index (κ3) is 4.29. The van der Waals surface area contributed by atoms with Gasteiger partial charge in [0.05, 0.1) is 16.7 Å². The van der Waals surface area contributed by atoms with Gasteiger partial charge in [0, 0.05) is 25.2 Å². The number of ether oxygens (including phenoxy) is 1. The third-order valence-corrected chi connectivity index (χ3v) is 7.58. The Morgan fingerprint density at radius 2 is 2.19 bits per heavy atom. The molecule has 3 rings (SSSR count). The molecule has 0 unspecified atom stereocenters. The van der Waals surface area contributed by atoms with Crippen LogP contribution in [0, 0.1) is 6.92 Å². The second kappa shape index (κ2) is 8.18. The van der Waals surface area contributed by atoms with Gasteiger partial charge in [-0.2, -0.15) is 0 Å². The number of halogens is 1. The van der Waals surface area contributed by atoms with E-state index in [0.717, 1.165) is 22.7 Å². The Hall–Kier alpha value is -1.61. The second-order valence-electron chi connectivity index (χ2n) is 6.36. The molecule has 0 radical (unpaired) electrons. The van der Waals surface area contributed by atoms with E-state index >= 15 is 0 Å². The van der Waals surface area contributed by atoms with Gasteiger partial charge in [-0.05, 0) is 48.9 Å². The minimum Gasteiger partial charge on any atom is -0.376 e. The number of sulfonamides is 1. The maximum absolute atomic E-state index is 13.0. The van der Waals surface area contributed by atoms with Crippen molar-refractivity contribution >= 4 is 44.6 Å². The molecule has 1 saturated heterocycles. The van der Waals surface area contributed by atoms with Crippen molar-refractivity contribution in [3.8, 4) is 0 Å². The normalized spacial score (nSPS) is 17.1. The number of hydrogen-bond donors (Lipinski definition) is 1. The predicted octanol–water partition coefficient (Wildman–Crippen LogP) is 3.44. The van der Waals surface area contributed by atoms with E-state index in [2.05, 4.69) is 5.32 Å². The van der Waals surface area contributed by atoms with Crippen LogP contribution in [0.3, 0.4) is 0 Å². The number of anilines is 1. The summed E-state index contributed by atoms with van der Waals surface area (Å²) in [4.78, 5) is 13.0. The number of nitrogens with one attached hydrogen (secondary N) is 1. The van der Waals surface area contributed by atoms with Crippen molar-refractivity contribution in [2.75, 3.05) is 24.5 Å². The summed E-state index contributed by atoms with van der Waals surface area (Å²) in [7, 11) is -2.40. The van der Waals surface area contributed by atoms with Crippen molar-refractivity contribution < 1.29 is 17.9 Å². The third-order valence-electron chi connectivity index (χ3n) is 4.51. The van der Waals surface area contributed by atoms with Crippen LogP contribution in [0.4, 0.5) is 5.69 Å². The fourth-order valence-electron chi connectivity index (χ4n) is 2.83. The maximum atomic E-state index is 13.0. The van der Waals surface area contributed by atoms with Gasteiger partial charge >= 0.3 is 0 Å². The molecule has 1 aromatic carbocycles. The first-order valence-electron chi connectivity index (χ1n) is 8.53. The molecule has 1 fully saturated rings. The standard InChI is InChI=1S/C18H21ClN2O4S2/c1-12-5-6-14(10-15(12)19)27(23,24)21(2)16-7-9-26-17(16)18(22)20-11-13-4-3-8-25-13/h5-7,9-10,13H,3-4,8,11H2,1-2H3,(H,20,22)/t13-/m0/s1. The molecule has 27 heavy (non-hydrogen) atoms. The van der Waals surface area contributed by atoms with E-state index in [0.29, 0.717) is 28.7 Å². The van der Waals surface area contributed by atoms with Crippen LogP contribution in [0.15, 0.2) is 34.5 Å². The quantitative estimate of drug-likeness (QED) is 0.764. The van der Waals surface area contributed by atoms with Gasteiger partial charge in [0.1, 0.15) is 4.88 Å². The highest BCUT2D eigenvalue weighted by Gasteiger charge is 2.27. The minimum atomic E-state index is -3.84. The van der Waals surface area contributed by atoms with E-state index < -0.39 is 10.0 Å². The number of benzene rings is 1. The average molecular weight is 429 g/mol. The Morgan fingerprint density at radius 1 is 1.41 bits per heavy atom. The van der Waals surface area contributed by atoms with Crippen LogP contribution in [0.5, 0.6) is 0 Å². The highest BCUT2D eigenvalue weighted by atomic mass is 35.5. The molecule has 2 aromatic rings. The van der Waals surface area contributed by atoms with Gasteiger partial charge in [0.25, 0.3) is 15.9 Å². The van der Waals surface area contributed by atoms with Gasteiger partial charge in [0.2, 0.25) is 0 Å². The predicted molar refractivity (Wildman–Crippen MR) is 107 cm³/mol. The van der Waals surface area contributed by atoms with Gasteiger partial charge < -0.3 is 10.1 Å². The molecular weight excluding hydrogens is 408 g/mol. The monoisotopic (exact) mass is 428 g/mol. The van der Waals surface area contributed by atoms with E-state index in [1.165, 1.54) is 30.5 Å². The zero-order chi connectivity index (χ0) is 19.6. The second-order valence-corrected chi connectivity index (χ2v) is 9.66. The first-order chi connectivity index (χ1) is 12.8. The lowest BCUT2D eigenvalue weighted by Gasteiger charge is -2.20. The fourth-order valence-corrected chi connectivity index (χ4v) is 5.21. The van der Waals surface area contributed by atoms with Gasteiger partial charge in [-0.15, -0.1) is 11.3 Å². The number of aryl methyl sites for hydroxylation is 1. The molecule has 2 heterocycles. The summed E-state index contributed by atoms with van der Waals surface area (Å²) in [6.45, 7) is 2.93. The van der Waals surface area contributed by atoms with Gasteiger partial charge in [-0.1, -0.05) is 17.7 Å². The smallest absolute Gasteiger partial charge is 0.264 e. The summed E-state index contributed by atoms with van der Waals surface area (Å²) in [5.41, 5.74) is 1.13. The summed E-state index contributed by atoms with van der Waals surface area (Å²) in [6.07, 6.45) is 1.93. The van der Waals surface area contributed by atoms with Crippen LogP contribution in [0.1, 0.15) is 28.1 Å². The summed E-state index contributed by atoms with van der Waals surface area (Å²) >= 11 is 7.28. The van der Waals surface area contributed by atoms with Gasteiger partial charge in [-0.3, -0.25) is 9.10 Å². The van der Waals surface area contributed by atoms with E-state index in [1.54, 1.807) is 24.4 Å². The van der Waals surface area contributed by atoms with Crippen molar-refractivity contribution in [3.63, 3.8) is 0 Å². The minimum absolute atomic E-state index is 0.0218. The molecule has 146 valence electrons. The summed E-state index contributed by atoms with van der Waals surface area (Å²) < 4.78 is 32.5. The van der Waals surface area contributed by atoms with Crippen molar-refractivity contribution in [3.05, 3.63) is 45.1 Å². The topological polar surface area (TPSA) is 75.7 Å². The van der Waals surface area contributed by atoms with Crippen LogP contribution in [-0.4, -0.2) is 40.6 Å². The van der Waals surface area contributed by atoms with Gasteiger partial charge in [-0.25, -0.2) is 8.42 Å². The first kappa shape index (κ1) is 20.1. The largest absolute Gasteiger partial charge is 0.376 e. The fraction of sp³-hybridized carbons (Fsp3) is 0.389. The van der Waals surface area contributed by atoms with E-state index in [9.17, 15) is 13.2 Å². The number of carbonyl (C=O) groups excluding carboxylic acids is 1. The summed E-state index contributed by atoms with van der Waals surface area (Å²) in [5.74, 6) is -0.306. The lowest BCUT2D eigenvalue weighted by molar-refractivity contribution is 0.0861. The Bertz CT molecular complexity index is 937. The molecule has 0 spiro atoms. The number of carbonyl (C=O) groups is 1. The Balaban J connectivity index is 1.80. The van der Waals surface area contributed by atoms with E-state index in [1.807, 2.05) is 0 Å². The number of rotatable bonds is 6. The number of hydrogen-bond acceptors (Lipinski definition) is 5. The molecule has 0 saturated carbocycles. The lowest BCUT2D eigenvalue weighted by atomic mass is 10.2. The first-order valence-corrected chi connectivity index (χ1v) is 11.2. The van der Waals surface area contributed by atoms with Gasteiger partial charge in [0.15, 0.2) is 0 Å². The maximum Gasteiger partial charge on any atom is 0.264 e. The molecule has 6 nitrogen and oxygen atoms in total. The molecule has 1 N–H and O–H groups in total. The Labute approximate surface area is 168 Å². The zero-order valence-corrected chi connectivity index (χ0v) is 17.5. The van der Waals surface area contributed by atoms with Crippen LogP contribution < -0.4 is 9.62 Å². The number of nitrogens with zero attached hydrogens (tertiary/aromatic N) is 1. The summed E-state index contributed by atoms with van der Waals surface area (Å²) in [5, 5.41) is 4.91. The van der Waals surface area contributed by atoms with Crippen molar-refractivity contribution in [2.24, 2.45) is 0 Å². The van der Waals surface area contributed by atoms with Crippen molar-refractivity contribution in [1.29, 1.82) is 0 Å². The Morgan fingerprint density at radius 3 is 2.85 bits per heavy atom. The van der Waals surface area contributed by atoms with Crippen LogP contribution in [0.25, 0.3) is 0 Å². The van der Waals surface area contributed by atoms with Crippen molar-refractivity contribution in [2.45, 2.75) is 30.8 Å². The molecule has 1 aromatic heterocycles.